The van der Waals surface area contributed by atoms with Crippen LogP contribution in [0.2, 0.25) is 0 Å². The molecule has 0 radical (unpaired) electrons. The number of hydrogen-bond donors (Lipinski definition) is 2. The van der Waals surface area contributed by atoms with Crippen molar-refractivity contribution in [1.29, 1.82) is 0 Å². The average Bonchev–Trinajstić information content (AvgIpc) is 2.31. The number of aliphatic carboxylic acids is 1. The van der Waals surface area contributed by atoms with E-state index in [2.05, 4.69) is 10.3 Å². The van der Waals surface area contributed by atoms with E-state index in [1.807, 2.05) is 6.92 Å². The molecule has 1 rings (SSSR count). The van der Waals surface area contributed by atoms with Crippen LogP contribution in [0.15, 0.2) is 4.99 Å². The van der Waals surface area contributed by atoms with Crippen LogP contribution in [0.1, 0.15) is 19.8 Å². The number of rotatable bonds is 3. The van der Waals surface area contributed by atoms with Gasteiger partial charge in [-0.05, 0) is 0 Å². The van der Waals surface area contributed by atoms with Crippen LogP contribution in [-0.4, -0.2) is 28.9 Å². The van der Waals surface area contributed by atoms with Gasteiger partial charge in [0.05, 0.1) is 6.42 Å². The molecule has 0 bridgehead atoms. The maximum atomic E-state index is 11.0. The lowest BCUT2D eigenvalue weighted by molar-refractivity contribution is -0.139. The molecule has 1 atom stereocenters. The predicted octanol–water partition coefficient (Wildman–Crippen LogP) is -0.232. The van der Waals surface area contributed by atoms with Crippen LogP contribution < -0.4 is 5.32 Å². The Bertz CT molecular complexity index is 247. The van der Waals surface area contributed by atoms with E-state index in [0.717, 1.165) is 0 Å². The normalized spacial score (nSPS) is 21.9. The summed E-state index contributed by atoms with van der Waals surface area (Å²) in [6.07, 6.45) is 0.424. The zero-order valence-electron chi connectivity index (χ0n) is 6.70. The molecule has 0 saturated carbocycles. The molecule has 2 N–H and O–H groups in total. The van der Waals surface area contributed by atoms with Gasteiger partial charge in [0.2, 0.25) is 0 Å². The van der Waals surface area contributed by atoms with Gasteiger partial charge in [-0.3, -0.25) is 9.59 Å². The molecule has 1 aliphatic heterocycles. The lowest BCUT2D eigenvalue weighted by Crippen LogP contribution is -2.34. The van der Waals surface area contributed by atoms with E-state index in [9.17, 15) is 9.59 Å². The van der Waals surface area contributed by atoms with Crippen molar-refractivity contribution in [3.05, 3.63) is 0 Å². The number of carbonyl (C=O) groups is 2. The van der Waals surface area contributed by atoms with Gasteiger partial charge >= 0.3 is 5.97 Å². The predicted molar refractivity (Wildman–Crippen MR) is 41.9 cm³/mol. The largest absolute Gasteiger partial charge is 0.481 e. The van der Waals surface area contributed by atoms with Crippen molar-refractivity contribution in [2.45, 2.75) is 25.8 Å². The van der Waals surface area contributed by atoms with Crippen LogP contribution >= 0.6 is 0 Å². The zero-order valence-corrected chi connectivity index (χ0v) is 6.70. The summed E-state index contributed by atoms with van der Waals surface area (Å²) >= 11 is 0. The first-order valence-corrected chi connectivity index (χ1v) is 3.73. The van der Waals surface area contributed by atoms with Gasteiger partial charge in [-0.1, -0.05) is 6.92 Å². The van der Waals surface area contributed by atoms with Gasteiger partial charge in [0.1, 0.15) is 11.9 Å². The second-order valence-corrected chi connectivity index (χ2v) is 2.55. The van der Waals surface area contributed by atoms with Gasteiger partial charge in [0.15, 0.2) is 0 Å². The topological polar surface area (TPSA) is 78.8 Å². The number of carbonyl (C=O) groups excluding carboxylic acids is 1. The van der Waals surface area contributed by atoms with Gasteiger partial charge in [-0.2, -0.15) is 4.99 Å². The van der Waals surface area contributed by atoms with Gasteiger partial charge in [-0.15, -0.1) is 0 Å². The summed E-state index contributed by atoms with van der Waals surface area (Å²) in [4.78, 5) is 24.9. The standard InChI is InChI=1S/C7H10N2O3/c1-2-5-8-4(3-6(10)11)7(12)9-5/h4H,2-3H2,1H3,(H,10,11)(H,8,9,12). The maximum absolute atomic E-state index is 11.0. The Morgan fingerprint density at radius 1 is 1.75 bits per heavy atom. The highest BCUT2D eigenvalue weighted by molar-refractivity contribution is 6.04. The van der Waals surface area contributed by atoms with Crippen molar-refractivity contribution in [3.63, 3.8) is 0 Å². The van der Waals surface area contributed by atoms with Crippen molar-refractivity contribution < 1.29 is 14.7 Å². The second-order valence-electron chi connectivity index (χ2n) is 2.55. The summed E-state index contributed by atoms with van der Waals surface area (Å²) in [5.74, 6) is -0.797. The summed E-state index contributed by atoms with van der Waals surface area (Å²) in [7, 11) is 0. The van der Waals surface area contributed by atoms with Crippen molar-refractivity contribution >= 4 is 17.7 Å². The van der Waals surface area contributed by atoms with Crippen LogP contribution in [0.25, 0.3) is 0 Å². The number of nitrogens with one attached hydrogen (secondary N) is 1. The SMILES string of the molecule is CCC1=NC(=O)C(CC(=O)O)N1. The van der Waals surface area contributed by atoms with E-state index in [0.29, 0.717) is 12.3 Å². The van der Waals surface area contributed by atoms with Crippen molar-refractivity contribution in [3.8, 4) is 0 Å². The summed E-state index contributed by atoms with van der Waals surface area (Å²) in [5, 5.41) is 11.1. The summed E-state index contributed by atoms with van der Waals surface area (Å²) in [6, 6.07) is -0.655. The number of amides is 1. The van der Waals surface area contributed by atoms with Crippen LogP contribution in [0, 0.1) is 0 Å². The Morgan fingerprint density at radius 2 is 2.42 bits per heavy atom. The Hall–Kier alpha value is -1.39. The molecule has 1 unspecified atom stereocenters. The Kier molecular flexibility index (Phi) is 2.42. The highest BCUT2D eigenvalue weighted by atomic mass is 16.4. The molecule has 0 saturated heterocycles. The zero-order chi connectivity index (χ0) is 9.14. The van der Waals surface area contributed by atoms with Gasteiger partial charge in [0, 0.05) is 6.42 Å². The third kappa shape index (κ3) is 1.81. The van der Waals surface area contributed by atoms with Gasteiger partial charge in [0.25, 0.3) is 5.91 Å². The molecule has 0 aromatic carbocycles. The maximum Gasteiger partial charge on any atom is 0.305 e. The van der Waals surface area contributed by atoms with E-state index >= 15 is 0 Å². The lowest BCUT2D eigenvalue weighted by atomic mass is 10.2. The van der Waals surface area contributed by atoms with E-state index in [4.69, 9.17) is 5.11 Å². The minimum Gasteiger partial charge on any atom is -0.481 e. The summed E-state index contributed by atoms with van der Waals surface area (Å²) < 4.78 is 0. The fourth-order valence-electron chi connectivity index (χ4n) is 1.00. The van der Waals surface area contributed by atoms with Gasteiger partial charge in [-0.25, -0.2) is 0 Å². The van der Waals surface area contributed by atoms with Crippen LogP contribution in [0.4, 0.5) is 0 Å². The first-order chi connectivity index (χ1) is 5.63. The Morgan fingerprint density at radius 3 is 2.83 bits per heavy atom. The highest BCUT2D eigenvalue weighted by Crippen LogP contribution is 2.04. The minimum atomic E-state index is -0.992. The molecule has 66 valence electrons. The molecule has 0 spiro atoms. The van der Waals surface area contributed by atoms with E-state index in [1.54, 1.807) is 0 Å². The van der Waals surface area contributed by atoms with Crippen LogP contribution in [-0.2, 0) is 9.59 Å². The highest BCUT2D eigenvalue weighted by Gasteiger charge is 2.27. The molecular formula is C7H10N2O3. The Balaban J connectivity index is 2.53. The Labute approximate surface area is 69.5 Å². The second kappa shape index (κ2) is 3.34. The molecule has 5 heteroatoms. The minimum absolute atomic E-state index is 0.203. The van der Waals surface area contributed by atoms with Crippen molar-refractivity contribution in [1.82, 2.24) is 5.32 Å². The summed E-state index contributed by atoms with van der Waals surface area (Å²) in [6.45, 7) is 1.85. The monoisotopic (exact) mass is 170 g/mol. The fraction of sp³-hybridized carbons (Fsp3) is 0.571. The molecule has 1 heterocycles. The molecule has 0 aromatic heterocycles. The number of amidine groups is 1. The molecule has 0 aromatic rings. The quantitative estimate of drug-likeness (QED) is 0.613. The third-order valence-corrected chi connectivity index (χ3v) is 1.60. The number of carboxylic acid groups (broad SMARTS) is 1. The lowest BCUT2D eigenvalue weighted by Gasteiger charge is -2.05. The first-order valence-electron chi connectivity index (χ1n) is 3.73. The molecular weight excluding hydrogens is 160 g/mol. The van der Waals surface area contributed by atoms with E-state index < -0.39 is 12.0 Å². The van der Waals surface area contributed by atoms with Crippen molar-refractivity contribution in [2.24, 2.45) is 4.99 Å². The van der Waals surface area contributed by atoms with Crippen molar-refractivity contribution in [2.75, 3.05) is 0 Å². The number of carboxylic acids is 1. The smallest absolute Gasteiger partial charge is 0.305 e. The molecule has 0 aliphatic carbocycles. The molecule has 12 heavy (non-hydrogen) atoms. The van der Waals surface area contributed by atoms with Crippen LogP contribution in [0.3, 0.4) is 0 Å². The summed E-state index contributed by atoms with van der Waals surface area (Å²) in [5.41, 5.74) is 0. The molecule has 1 aliphatic rings. The first kappa shape index (κ1) is 8.70. The average molecular weight is 170 g/mol. The van der Waals surface area contributed by atoms with E-state index in [1.165, 1.54) is 0 Å². The fourth-order valence-corrected chi connectivity index (χ4v) is 1.00. The van der Waals surface area contributed by atoms with E-state index in [-0.39, 0.29) is 12.3 Å². The molecule has 0 fully saturated rings. The van der Waals surface area contributed by atoms with Gasteiger partial charge < -0.3 is 10.4 Å². The number of hydrogen-bond acceptors (Lipinski definition) is 3. The molecule has 1 amide bonds. The van der Waals surface area contributed by atoms with Crippen LogP contribution in [0.5, 0.6) is 0 Å². The number of aliphatic imine (C=N–C) groups is 1. The number of nitrogens with zero attached hydrogens (tertiary/aromatic N) is 1. The third-order valence-electron chi connectivity index (χ3n) is 1.60. The molecule has 5 nitrogen and oxygen atoms in total.